The van der Waals surface area contributed by atoms with Crippen molar-refractivity contribution in [2.24, 2.45) is 0 Å². The Labute approximate surface area is 148 Å². The number of morpholine rings is 1. The number of hydrogen-bond acceptors (Lipinski definition) is 6. The summed E-state index contributed by atoms with van der Waals surface area (Å²) in [6.07, 6.45) is -0.637. The van der Waals surface area contributed by atoms with Crippen molar-refractivity contribution in [3.8, 4) is 11.4 Å². The molecule has 1 fully saturated rings. The van der Waals surface area contributed by atoms with Crippen molar-refractivity contribution in [2.75, 3.05) is 19.7 Å². The number of benzene rings is 1. The van der Waals surface area contributed by atoms with Gasteiger partial charge in [0.25, 0.3) is 0 Å². The minimum absolute atomic E-state index is 0.0259. The van der Waals surface area contributed by atoms with Crippen LogP contribution >= 0.6 is 0 Å². The molecular formula is C17H18FN3O5. The molecule has 1 saturated heterocycles. The van der Waals surface area contributed by atoms with Gasteiger partial charge in [0.15, 0.2) is 6.10 Å². The summed E-state index contributed by atoms with van der Waals surface area (Å²) in [7, 11) is 0. The average molecular weight is 363 g/mol. The molecule has 1 unspecified atom stereocenters. The van der Waals surface area contributed by atoms with Gasteiger partial charge < -0.3 is 19.3 Å². The lowest BCUT2D eigenvalue weighted by atomic mass is 10.1. The third-order valence-corrected chi connectivity index (χ3v) is 4.13. The van der Waals surface area contributed by atoms with E-state index in [9.17, 15) is 14.0 Å². The zero-order chi connectivity index (χ0) is 18.7. The molecule has 1 N–H and O–H groups in total. The fourth-order valence-electron chi connectivity index (χ4n) is 2.65. The highest BCUT2D eigenvalue weighted by atomic mass is 19.1. The predicted molar refractivity (Wildman–Crippen MR) is 86.7 cm³/mol. The first-order valence-corrected chi connectivity index (χ1v) is 8.15. The van der Waals surface area contributed by atoms with E-state index >= 15 is 0 Å². The highest BCUT2D eigenvalue weighted by molar-refractivity contribution is 5.78. The maximum absolute atomic E-state index is 13.3. The first kappa shape index (κ1) is 18.0. The first-order chi connectivity index (χ1) is 12.4. The molecule has 2 heterocycles. The minimum atomic E-state index is -1.08. The van der Waals surface area contributed by atoms with Gasteiger partial charge in [-0.2, -0.15) is 4.98 Å². The quantitative estimate of drug-likeness (QED) is 0.856. The summed E-state index contributed by atoms with van der Waals surface area (Å²) in [4.78, 5) is 28.9. The molecule has 1 aromatic heterocycles. The number of ether oxygens (including phenoxy) is 1. The molecule has 8 nitrogen and oxygen atoms in total. The number of aliphatic carboxylic acids is 1. The number of aromatic nitrogens is 2. The van der Waals surface area contributed by atoms with Crippen LogP contribution in [-0.2, 0) is 20.7 Å². The summed E-state index contributed by atoms with van der Waals surface area (Å²) in [6.45, 7) is 2.22. The third-order valence-electron chi connectivity index (χ3n) is 4.13. The largest absolute Gasteiger partial charge is 0.479 e. The maximum Gasteiger partial charge on any atom is 0.334 e. The topological polar surface area (TPSA) is 106 Å². The predicted octanol–water partition coefficient (Wildman–Crippen LogP) is 1.43. The van der Waals surface area contributed by atoms with Crippen molar-refractivity contribution in [3.63, 3.8) is 0 Å². The molecule has 1 atom stereocenters. The summed E-state index contributed by atoms with van der Waals surface area (Å²) in [6, 6.07) is 4.51. The van der Waals surface area contributed by atoms with Gasteiger partial charge in [0.1, 0.15) is 5.82 Å². The van der Waals surface area contributed by atoms with Crippen LogP contribution in [0, 0.1) is 12.7 Å². The number of nitrogens with zero attached hydrogens (tertiary/aromatic N) is 3. The van der Waals surface area contributed by atoms with Crippen LogP contribution in [-0.4, -0.2) is 57.8 Å². The average Bonchev–Trinajstić information content (AvgIpc) is 3.11. The van der Waals surface area contributed by atoms with E-state index in [1.165, 1.54) is 11.0 Å². The second-order valence-corrected chi connectivity index (χ2v) is 6.01. The summed E-state index contributed by atoms with van der Waals surface area (Å²) in [5, 5.41) is 12.8. The molecule has 1 aliphatic rings. The van der Waals surface area contributed by atoms with Gasteiger partial charge in [-0.3, -0.25) is 4.79 Å². The van der Waals surface area contributed by atoms with Crippen LogP contribution in [0.1, 0.15) is 17.9 Å². The van der Waals surface area contributed by atoms with Gasteiger partial charge in [0.05, 0.1) is 13.2 Å². The van der Waals surface area contributed by atoms with Crippen LogP contribution < -0.4 is 0 Å². The van der Waals surface area contributed by atoms with Crippen LogP contribution in [0.15, 0.2) is 22.7 Å². The Balaban J connectivity index is 1.58. The SMILES string of the molecule is Cc1cc(-c2noc(CCC(=O)N3CCOC(C(=O)O)C3)n2)ccc1F. The molecule has 0 saturated carbocycles. The lowest BCUT2D eigenvalue weighted by Crippen LogP contribution is -2.48. The van der Waals surface area contributed by atoms with Crippen molar-refractivity contribution in [1.82, 2.24) is 15.0 Å². The summed E-state index contributed by atoms with van der Waals surface area (Å²) >= 11 is 0. The molecule has 9 heteroatoms. The van der Waals surface area contributed by atoms with E-state index in [0.29, 0.717) is 29.4 Å². The zero-order valence-electron chi connectivity index (χ0n) is 14.1. The van der Waals surface area contributed by atoms with E-state index in [0.717, 1.165) is 0 Å². The first-order valence-electron chi connectivity index (χ1n) is 8.15. The van der Waals surface area contributed by atoms with E-state index < -0.39 is 12.1 Å². The molecule has 26 heavy (non-hydrogen) atoms. The molecule has 1 amide bonds. The molecule has 2 aromatic rings. The van der Waals surface area contributed by atoms with Gasteiger partial charge in [0, 0.05) is 24.9 Å². The molecule has 0 radical (unpaired) electrons. The second-order valence-electron chi connectivity index (χ2n) is 6.01. The lowest BCUT2D eigenvalue weighted by molar-refractivity contribution is -0.159. The minimum Gasteiger partial charge on any atom is -0.479 e. The fraction of sp³-hybridized carbons (Fsp3) is 0.412. The number of carboxylic acids is 1. The molecular weight excluding hydrogens is 345 g/mol. The van der Waals surface area contributed by atoms with Crippen molar-refractivity contribution in [3.05, 3.63) is 35.5 Å². The summed E-state index contributed by atoms with van der Waals surface area (Å²) < 4.78 is 23.6. The van der Waals surface area contributed by atoms with Crippen molar-refractivity contribution in [2.45, 2.75) is 25.9 Å². The van der Waals surface area contributed by atoms with Gasteiger partial charge in [-0.1, -0.05) is 5.16 Å². The molecule has 1 aliphatic heterocycles. The Hall–Kier alpha value is -2.81. The van der Waals surface area contributed by atoms with Crippen molar-refractivity contribution in [1.29, 1.82) is 0 Å². The van der Waals surface area contributed by atoms with E-state index in [4.69, 9.17) is 14.4 Å². The Morgan fingerprint density at radius 1 is 1.42 bits per heavy atom. The third kappa shape index (κ3) is 4.05. The Morgan fingerprint density at radius 3 is 2.96 bits per heavy atom. The van der Waals surface area contributed by atoms with Crippen molar-refractivity contribution < 1.29 is 28.3 Å². The molecule has 1 aromatic carbocycles. The molecule has 3 rings (SSSR count). The van der Waals surface area contributed by atoms with E-state index in [1.54, 1.807) is 19.1 Å². The standard InChI is InChI=1S/C17H18FN3O5/c1-10-8-11(2-3-12(10)18)16-19-14(26-20-16)4-5-15(22)21-6-7-25-13(9-21)17(23)24/h2-3,8,13H,4-7,9H2,1H3,(H,23,24). The molecule has 0 bridgehead atoms. The van der Waals surface area contributed by atoms with Crippen LogP contribution in [0.3, 0.4) is 0 Å². The van der Waals surface area contributed by atoms with Gasteiger partial charge in [-0.05, 0) is 30.7 Å². The van der Waals surface area contributed by atoms with Crippen LogP contribution in [0.25, 0.3) is 11.4 Å². The Bertz CT molecular complexity index is 822. The van der Waals surface area contributed by atoms with Crippen LogP contribution in [0.2, 0.25) is 0 Å². The number of carbonyl (C=O) groups excluding carboxylic acids is 1. The number of carbonyl (C=O) groups is 2. The van der Waals surface area contributed by atoms with Gasteiger partial charge in [-0.25, -0.2) is 9.18 Å². The number of hydrogen-bond donors (Lipinski definition) is 1. The Kier molecular flexibility index (Phi) is 5.27. The van der Waals surface area contributed by atoms with Gasteiger partial charge in [0.2, 0.25) is 17.6 Å². The zero-order valence-corrected chi connectivity index (χ0v) is 14.1. The monoisotopic (exact) mass is 363 g/mol. The number of aryl methyl sites for hydroxylation is 2. The maximum atomic E-state index is 13.3. The fourth-order valence-corrected chi connectivity index (χ4v) is 2.65. The Morgan fingerprint density at radius 2 is 2.23 bits per heavy atom. The normalized spacial score (nSPS) is 17.3. The number of rotatable bonds is 5. The van der Waals surface area contributed by atoms with E-state index in [2.05, 4.69) is 10.1 Å². The molecule has 0 spiro atoms. The number of amides is 1. The van der Waals surface area contributed by atoms with Crippen LogP contribution in [0.4, 0.5) is 4.39 Å². The highest BCUT2D eigenvalue weighted by Gasteiger charge is 2.28. The lowest BCUT2D eigenvalue weighted by Gasteiger charge is -2.30. The van der Waals surface area contributed by atoms with Gasteiger partial charge in [-0.15, -0.1) is 0 Å². The highest BCUT2D eigenvalue weighted by Crippen LogP contribution is 2.19. The smallest absolute Gasteiger partial charge is 0.334 e. The molecule has 0 aliphatic carbocycles. The van der Waals surface area contributed by atoms with Crippen LogP contribution in [0.5, 0.6) is 0 Å². The summed E-state index contributed by atoms with van der Waals surface area (Å²) in [5.74, 6) is -0.977. The number of carboxylic acid groups (broad SMARTS) is 1. The van der Waals surface area contributed by atoms with Crippen molar-refractivity contribution >= 4 is 11.9 Å². The van der Waals surface area contributed by atoms with Gasteiger partial charge >= 0.3 is 5.97 Å². The molecule has 138 valence electrons. The number of halogens is 1. The summed E-state index contributed by atoms with van der Waals surface area (Å²) in [5.41, 5.74) is 1.10. The van der Waals surface area contributed by atoms with E-state index in [-0.39, 0.29) is 37.7 Å². The second kappa shape index (κ2) is 7.61. The van der Waals surface area contributed by atoms with E-state index in [1.807, 2.05) is 0 Å².